The van der Waals surface area contributed by atoms with Gasteiger partial charge in [-0.2, -0.15) is 8.42 Å². The summed E-state index contributed by atoms with van der Waals surface area (Å²) in [6.45, 7) is 4.96. The Morgan fingerprint density at radius 1 is 1.25 bits per heavy atom. The molecule has 0 saturated heterocycles. The van der Waals surface area contributed by atoms with Crippen molar-refractivity contribution in [2.75, 3.05) is 4.72 Å². The van der Waals surface area contributed by atoms with Gasteiger partial charge in [0, 0.05) is 6.04 Å². The van der Waals surface area contributed by atoms with Gasteiger partial charge in [-0.05, 0) is 32.4 Å². The molecule has 0 bridgehead atoms. The quantitative estimate of drug-likeness (QED) is 0.763. The number of anilines is 1. The highest BCUT2D eigenvalue weighted by Crippen LogP contribution is 2.21. The third-order valence-corrected chi connectivity index (χ3v) is 3.18. The summed E-state index contributed by atoms with van der Waals surface area (Å²) in [5.74, 6) is 0. The van der Waals surface area contributed by atoms with Crippen molar-refractivity contribution in [1.29, 1.82) is 0 Å². The van der Waals surface area contributed by atoms with E-state index in [4.69, 9.17) is 10.5 Å². The molecule has 0 heterocycles. The first-order valence-electron chi connectivity index (χ1n) is 6.07. The minimum absolute atomic E-state index is 0.312. The lowest BCUT2D eigenvalue weighted by Gasteiger charge is -2.15. The van der Waals surface area contributed by atoms with Gasteiger partial charge < -0.3 is 10.5 Å². The first kappa shape index (κ1) is 16.3. The molecule has 1 rings (SSSR count). The lowest BCUT2D eigenvalue weighted by molar-refractivity contribution is 0.121. The molecule has 1 unspecified atom stereocenters. The molecular weight excluding hydrogens is 282 g/mol. The molecule has 0 aliphatic heterocycles. The van der Waals surface area contributed by atoms with Crippen LogP contribution in [-0.2, 0) is 14.9 Å². The van der Waals surface area contributed by atoms with E-state index in [1.54, 1.807) is 49.8 Å². The number of carbonyl (C=O) groups excluding carboxylic acids is 1. The Morgan fingerprint density at radius 2 is 1.85 bits per heavy atom. The normalized spacial score (nSPS) is 12.8. The van der Waals surface area contributed by atoms with Gasteiger partial charge in [0.25, 0.3) is 0 Å². The standard InChI is InChI=1S/C12H19N3O4S/c1-8(2)19-12(16)15-20(17,18)14-11-7-5-4-6-10(11)9(3)13/h4-9,14H,13H2,1-3H3,(H,15,16). The fourth-order valence-corrected chi connectivity index (χ4v) is 2.30. The molecule has 0 aliphatic rings. The second-order valence-electron chi connectivity index (χ2n) is 4.54. The SMILES string of the molecule is CC(C)OC(=O)NS(=O)(=O)Nc1ccccc1C(C)N. The zero-order chi connectivity index (χ0) is 15.3. The fraction of sp³-hybridized carbons (Fsp3) is 0.417. The van der Waals surface area contributed by atoms with Crippen molar-refractivity contribution in [3.8, 4) is 0 Å². The maximum absolute atomic E-state index is 11.8. The maximum atomic E-state index is 11.8. The van der Waals surface area contributed by atoms with Crippen LogP contribution in [0.4, 0.5) is 10.5 Å². The second-order valence-corrected chi connectivity index (χ2v) is 5.95. The van der Waals surface area contributed by atoms with Crippen molar-refractivity contribution in [3.05, 3.63) is 29.8 Å². The molecule has 112 valence electrons. The van der Waals surface area contributed by atoms with Crippen molar-refractivity contribution in [2.45, 2.75) is 32.9 Å². The van der Waals surface area contributed by atoms with E-state index < -0.39 is 22.4 Å². The minimum atomic E-state index is -4.07. The number of nitrogens with one attached hydrogen (secondary N) is 2. The average Bonchev–Trinajstić information content (AvgIpc) is 2.26. The minimum Gasteiger partial charge on any atom is -0.446 e. The maximum Gasteiger partial charge on any atom is 0.422 e. The third-order valence-electron chi connectivity index (χ3n) is 2.26. The van der Waals surface area contributed by atoms with E-state index >= 15 is 0 Å². The zero-order valence-corrected chi connectivity index (χ0v) is 12.4. The Kier molecular flexibility index (Phi) is 5.34. The van der Waals surface area contributed by atoms with Gasteiger partial charge in [0.2, 0.25) is 0 Å². The van der Waals surface area contributed by atoms with Gasteiger partial charge in [-0.1, -0.05) is 18.2 Å². The first-order valence-corrected chi connectivity index (χ1v) is 7.55. The van der Waals surface area contributed by atoms with E-state index in [2.05, 4.69) is 4.72 Å². The van der Waals surface area contributed by atoms with Gasteiger partial charge in [0.15, 0.2) is 0 Å². The molecule has 0 aromatic heterocycles. The number of rotatable bonds is 5. The van der Waals surface area contributed by atoms with Crippen LogP contribution in [0, 0.1) is 0 Å². The molecule has 0 aliphatic carbocycles. The van der Waals surface area contributed by atoms with Crippen LogP contribution in [0.1, 0.15) is 32.4 Å². The topological polar surface area (TPSA) is 111 Å². The molecular formula is C12H19N3O4S. The van der Waals surface area contributed by atoms with Crippen LogP contribution in [-0.4, -0.2) is 20.6 Å². The van der Waals surface area contributed by atoms with Crippen LogP contribution in [0.2, 0.25) is 0 Å². The van der Waals surface area contributed by atoms with Gasteiger partial charge in [-0.15, -0.1) is 0 Å². The predicted octanol–water partition coefficient (Wildman–Crippen LogP) is 1.50. The van der Waals surface area contributed by atoms with Gasteiger partial charge in [0.05, 0.1) is 11.8 Å². The van der Waals surface area contributed by atoms with Crippen LogP contribution < -0.4 is 15.2 Å². The number of hydrogen-bond donors (Lipinski definition) is 3. The predicted molar refractivity (Wildman–Crippen MR) is 76.3 cm³/mol. The van der Waals surface area contributed by atoms with Crippen LogP contribution in [0.25, 0.3) is 0 Å². The summed E-state index contributed by atoms with van der Waals surface area (Å²) in [6, 6.07) is 6.32. The first-order chi connectivity index (χ1) is 9.21. The number of ether oxygens (including phenoxy) is 1. The molecule has 8 heteroatoms. The highest BCUT2D eigenvalue weighted by Gasteiger charge is 2.18. The number of carbonyl (C=O) groups is 1. The highest BCUT2D eigenvalue weighted by molar-refractivity contribution is 7.91. The largest absolute Gasteiger partial charge is 0.446 e. The molecule has 1 aromatic carbocycles. The second kappa shape index (κ2) is 6.58. The van der Waals surface area contributed by atoms with Crippen LogP contribution in [0.5, 0.6) is 0 Å². The van der Waals surface area contributed by atoms with E-state index in [0.717, 1.165) is 0 Å². The van der Waals surface area contributed by atoms with Crippen molar-refractivity contribution in [3.63, 3.8) is 0 Å². The Labute approximate surface area is 118 Å². The van der Waals surface area contributed by atoms with E-state index in [0.29, 0.717) is 11.3 Å². The van der Waals surface area contributed by atoms with Gasteiger partial charge in [0.1, 0.15) is 0 Å². The Morgan fingerprint density at radius 3 is 2.40 bits per heavy atom. The van der Waals surface area contributed by atoms with Crippen LogP contribution in [0.3, 0.4) is 0 Å². The molecule has 7 nitrogen and oxygen atoms in total. The summed E-state index contributed by atoms with van der Waals surface area (Å²) >= 11 is 0. The lowest BCUT2D eigenvalue weighted by atomic mass is 10.1. The van der Waals surface area contributed by atoms with Crippen LogP contribution >= 0.6 is 0 Å². The summed E-state index contributed by atoms with van der Waals surface area (Å²) in [4.78, 5) is 11.3. The molecule has 4 N–H and O–H groups in total. The van der Waals surface area contributed by atoms with E-state index in [1.807, 2.05) is 0 Å². The summed E-state index contributed by atoms with van der Waals surface area (Å²) in [6.07, 6.45) is -1.45. The monoisotopic (exact) mass is 301 g/mol. The number of benzene rings is 1. The third kappa shape index (κ3) is 5.06. The summed E-state index contributed by atoms with van der Waals surface area (Å²) < 4.78 is 32.3. The number of para-hydroxylation sites is 1. The number of amides is 1. The van der Waals surface area contributed by atoms with Gasteiger partial charge in [-0.25, -0.2) is 9.52 Å². The highest BCUT2D eigenvalue weighted by atomic mass is 32.2. The zero-order valence-electron chi connectivity index (χ0n) is 11.6. The number of hydrogen-bond acceptors (Lipinski definition) is 5. The molecule has 20 heavy (non-hydrogen) atoms. The fourth-order valence-electron chi connectivity index (χ4n) is 1.51. The lowest BCUT2D eigenvalue weighted by Crippen LogP contribution is -2.37. The van der Waals surface area contributed by atoms with E-state index in [1.165, 1.54) is 0 Å². The molecule has 0 fully saturated rings. The van der Waals surface area contributed by atoms with Crippen molar-refractivity contribution in [2.24, 2.45) is 5.73 Å². The Balaban J connectivity index is 2.84. The summed E-state index contributed by atoms with van der Waals surface area (Å²) in [5.41, 5.74) is 6.69. The van der Waals surface area contributed by atoms with Gasteiger partial charge in [-0.3, -0.25) is 4.72 Å². The molecule has 1 atom stereocenters. The summed E-state index contributed by atoms with van der Waals surface area (Å²) in [7, 11) is -4.07. The van der Waals surface area contributed by atoms with Crippen molar-refractivity contribution in [1.82, 2.24) is 4.72 Å². The van der Waals surface area contributed by atoms with Crippen LogP contribution in [0.15, 0.2) is 24.3 Å². The molecule has 0 spiro atoms. The molecule has 1 aromatic rings. The molecule has 0 radical (unpaired) electrons. The average molecular weight is 301 g/mol. The molecule has 1 amide bonds. The van der Waals surface area contributed by atoms with Crippen molar-refractivity contribution < 1.29 is 17.9 Å². The van der Waals surface area contributed by atoms with Gasteiger partial charge >= 0.3 is 16.3 Å². The smallest absolute Gasteiger partial charge is 0.422 e. The molecule has 0 saturated carbocycles. The Bertz CT molecular complexity index is 570. The number of nitrogens with two attached hydrogens (primary N) is 1. The van der Waals surface area contributed by atoms with Crippen molar-refractivity contribution >= 4 is 22.0 Å². The van der Waals surface area contributed by atoms with E-state index in [9.17, 15) is 13.2 Å². The van der Waals surface area contributed by atoms with E-state index in [-0.39, 0.29) is 6.04 Å². The summed E-state index contributed by atoms with van der Waals surface area (Å²) in [5, 5.41) is 0. The Hall–Kier alpha value is -1.80.